The van der Waals surface area contributed by atoms with Crippen LogP contribution in [-0.2, 0) is 6.54 Å². The number of thiazole rings is 1. The molecule has 0 aliphatic heterocycles. The van der Waals surface area contributed by atoms with E-state index in [-0.39, 0.29) is 5.91 Å². The Balaban J connectivity index is 2.04. The molecule has 0 bridgehead atoms. The highest BCUT2D eigenvalue weighted by Gasteiger charge is 2.09. The number of aromatic nitrogens is 1. The highest BCUT2D eigenvalue weighted by molar-refractivity contribution is 7.98. The van der Waals surface area contributed by atoms with Gasteiger partial charge in [-0.25, -0.2) is 4.98 Å². The SMILES string of the molecule is CSc1ccccc1C(=O)NCc1nccs1. The first-order valence-corrected chi connectivity index (χ1v) is 7.21. The third-order valence-electron chi connectivity index (χ3n) is 2.24. The van der Waals surface area contributed by atoms with Gasteiger partial charge in [0.2, 0.25) is 0 Å². The van der Waals surface area contributed by atoms with Crippen molar-refractivity contribution in [2.45, 2.75) is 11.4 Å². The Hall–Kier alpha value is -1.33. The molecule has 0 saturated heterocycles. The molecule has 0 atom stereocenters. The fraction of sp³-hybridized carbons (Fsp3) is 0.167. The Morgan fingerprint density at radius 1 is 1.47 bits per heavy atom. The molecule has 0 radical (unpaired) electrons. The first kappa shape index (κ1) is 12.1. The number of nitrogens with one attached hydrogen (secondary N) is 1. The smallest absolute Gasteiger partial charge is 0.252 e. The molecule has 88 valence electrons. The summed E-state index contributed by atoms with van der Waals surface area (Å²) in [6, 6.07) is 7.59. The zero-order valence-corrected chi connectivity index (χ0v) is 11.0. The van der Waals surface area contributed by atoms with E-state index in [0.717, 1.165) is 15.5 Å². The predicted molar refractivity (Wildman–Crippen MR) is 71.5 cm³/mol. The van der Waals surface area contributed by atoms with Gasteiger partial charge in [-0.2, -0.15) is 0 Å². The molecule has 0 saturated carbocycles. The second kappa shape index (κ2) is 5.84. The Morgan fingerprint density at radius 2 is 2.29 bits per heavy atom. The van der Waals surface area contributed by atoms with Crippen LogP contribution in [0.5, 0.6) is 0 Å². The van der Waals surface area contributed by atoms with Crippen molar-refractivity contribution in [2.75, 3.05) is 6.26 Å². The van der Waals surface area contributed by atoms with Crippen LogP contribution < -0.4 is 5.32 Å². The van der Waals surface area contributed by atoms with Gasteiger partial charge < -0.3 is 5.32 Å². The van der Waals surface area contributed by atoms with Crippen LogP contribution in [0, 0.1) is 0 Å². The summed E-state index contributed by atoms with van der Waals surface area (Å²) in [6.07, 6.45) is 3.70. The monoisotopic (exact) mass is 264 g/mol. The zero-order valence-electron chi connectivity index (χ0n) is 9.34. The number of thioether (sulfide) groups is 1. The molecule has 1 heterocycles. The number of carbonyl (C=O) groups excluding carboxylic acids is 1. The van der Waals surface area contributed by atoms with Gasteiger partial charge in [-0.3, -0.25) is 4.79 Å². The molecule has 5 heteroatoms. The van der Waals surface area contributed by atoms with Crippen molar-refractivity contribution in [3.05, 3.63) is 46.4 Å². The van der Waals surface area contributed by atoms with Gasteiger partial charge in [-0.05, 0) is 18.4 Å². The summed E-state index contributed by atoms with van der Waals surface area (Å²) in [5, 5.41) is 5.69. The van der Waals surface area contributed by atoms with Gasteiger partial charge in [0.25, 0.3) is 5.91 Å². The second-order valence-corrected chi connectivity index (χ2v) is 5.14. The lowest BCUT2D eigenvalue weighted by molar-refractivity contribution is 0.0948. The zero-order chi connectivity index (χ0) is 12.1. The van der Waals surface area contributed by atoms with Crippen molar-refractivity contribution in [3.8, 4) is 0 Å². The number of nitrogens with zero attached hydrogens (tertiary/aromatic N) is 1. The van der Waals surface area contributed by atoms with Gasteiger partial charge in [0.15, 0.2) is 0 Å². The van der Waals surface area contributed by atoms with Crippen LogP contribution >= 0.6 is 23.1 Å². The molecule has 0 spiro atoms. The lowest BCUT2D eigenvalue weighted by Gasteiger charge is -2.07. The van der Waals surface area contributed by atoms with E-state index in [0.29, 0.717) is 6.54 Å². The van der Waals surface area contributed by atoms with E-state index in [1.165, 1.54) is 11.3 Å². The molecular weight excluding hydrogens is 252 g/mol. The number of hydrogen-bond acceptors (Lipinski definition) is 4. The van der Waals surface area contributed by atoms with Crippen LogP contribution in [0.4, 0.5) is 0 Å². The largest absolute Gasteiger partial charge is 0.345 e. The third kappa shape index (κ3) is 3.08. The van der Waals surface area contributed by atoms with Gasteiger partial charge in [0, 0.05) is 16.5 Å². The fourth-order valence-electron chi connectivity index (χ4n) is 1.42. The molecule has 2 aromatic rings. The maximum absolute atomic E-state index is 12.0. The van der Waals surface area contributed by atoms with Gasteiger partial charge in [0.05, 0.1) is 12.1 Å². The Kier molecular flexibility index (Phi) is 4.17. The molecule has 0 aliphatic rings. The molecule has 1 aromatic carbocycles. The minimum atomic E-state index is -0.0508. The van der Waals surface area contributed by atoms with Crippen molar-refractivity contribution in [1.82, 2.24) is 10.3 Å². The average Bonchev–Trinajstić information content (AvgIpc) is 2.89. The Labute approximate surface area is 108 Å². The standard InChI is InChI=1S/C12H12N2OS2/c1-16-10-5-3-2-4-9(10)12(15)14-8-11-13-6-7-17-11/h2-7H,8H2,1H3,(H,14,15). The first-order chi connectivity index (χ1) is 8.31. The first-order valence-electron chi connectivity index (χ1n) is 5.11. The molecule has 1 amide bonds. The summed E-state index contributed by atoms with van der Waals surface area (Å²) in [5.41, 5.74) is 0.719. The molecule has 1 aromatic heterocycles. The summed E-state index contributed by atoms with van der Waals surface area (Å²) in [5.74, 6) is -0.0508. The maximum atomic E-state index is 12.0. The number of benzene rings is 1. The number of hydrogen-bond donors (Lipinski definition) is 1. The second-order valence-electron chi connectivity index (χ2n) is 3.31. The maximum Gasteiger partial charge on any atom is 0.252 e. The van der Waals surface area contributed by atoms with Crippen LogP contribution in [0.2, 0.25) is 0 Å². The van der Waals surface area contributed by atoms with Crippen molar-refractivity contribution < 1.29 is 4.79 Å². The summed E-state index contributed by atoms with van der Waals surface area (Å²) >= 11 is 3.11. The number of amides is 1. The lowest BCUT2D eigenvalue weighted by Crippen LogP contribution is -2.23. The van der Waals surface area contributed by atoms with E-state index >= 15 is 0 Å². The van der Waals surface area contributed by atoms with Crippen molar-refractivity contribution in [3.63, 3.8) is 0 Å². The normalized spacial score (nSPS) is 10.2. The molecule has 17 heavy (non-hydrogen) atoms. The van der Waals surface area contributed by atoms with Crippen molar-refractivity contribution in [1.29, 1.82) is 0 Å². The molecular formula is C12H12N2OS2. The minimum Gasteiger partial charge on any atom is -0.345 e. The van der Waals surface area contributed by atoms with E-state index in [1.807, 2.05) is 35.9 Å². The summed E-state index contributed by atoms with van der Waals surface area (Å²) in [4.78, 5) is 17.1. The number of carbonyl (C=O) groups is 1. The predicted octanol–water partition coefficient (Wildman–Crippen LogP) is 2.80. The molecule has 3 nitrogen and oxygen atoms in total. The van der Waals surface area contributed by atoms with Crippen molar-refractivity contribution in [2.24, 2.45) is 0 Å². The van der Waals surface area contributed by atoms with E-state index in [1.54, 1.807) is 18.0 Å². The van der Waals surface area contributed by atoms with Gasteiger partial charge in [-0.1, -0.05) is 12.1 Å². The molecule has 0 unspecified atom stereocenters. The molecule has 0 fully saturated rings. The average molecular weight is 264 g/mol. The Bertz CT molecular complexity index is 497. The van der Waals surface area contributed by atoms with E-state index < -0.39 is 0 Å². The quantitative estimate of drug-likeness (QED) is 0.863. The topological polar surface area (TPSA) is 42.0 Å². The molecule has 2 rings (SSSR count). The van der Waals surface area contributed by atoms with Gasteiger partial charge in [-0.15, -0.1) is 23.1 Å². The number of rotatable bonds is 4. The summed E-state index contributed by atoms with van der Waals surface area (Å²) in [6.45, 7) is 0.485. The minimum absolute atomic E-state index is 0.0508. The van der Waals surface area contributed by atoms with Crippen LogP contribution in [0.25, 0.3) is 0 Å². The van der Waals surface area contributed by atoms with Crippen LogP contribution in [0.3, 0.4) is 0 Å². The van der Waals surface area contributed by atoms with Gasteiger partial charge >= 0.3 is 0 Å². The van der Waals surface area contributed by atoms with Crippen molar-refractivity contribution >= 4 is 29.0 Å². The fourth-order valence-corrected chi connectivity index (χ4v) is 2.57. The van der Waals surface area contributed by atoms with Crippen LogP contribution in [0.1, 0.15) is 15.4 Å². The third-order valence-corrected chi connectivity index (χ3v) is 3.81. The highest BCUT2D eigenvalue weighted by atomic mass is 32.2. The summed E-state index contributed by atoms with van der Waals surface area (Å²) in [7, 11) is 0. The van der Waals surface area contributed by atoms with Gasteiger partial charge in [0.1, 0.15) is 5.01 Å². The van der Waals surface area contributed by atoms with Crippen LogP contribution in [0.15, 0.2) is 40.7 Å². The Morgan fingerprint density at radius 3 is 3.00 bits per heavy atom. The van der Waals surface area contributed by atoms with E-state index in [4.69, 9.17) is 0 Å². The molecule has 1 N–H and O–H groups in total. The van der Waals surface area contributed by atoms with E-state index in [2.05, 4.69) is 10.3 Å². The summed E-state index contributed by atoms with van der Waals surface area (Å²) < 4.78 is 0. The highest BCUT2D eigenvalue weighted by Crippen LogP contribution is 2.19. The van der Waals surface area contributed by atoms with E-state index in [9.17, 15) is 4.79 Å². The lowest BCUT2D eigenvalue weighted by atomic mass is 10.2. The molecule has 0 aliphatic carbocycles. The van der Waals surface area contributed by atoms with Crippen LogP contribution in [-0.4, -0.2) is 17.1 Å².